The number of carbonyl (C=O) groups is 1. The van der Waals surface area contributed by atoms with Gasteiger partial charge in [0.2, 0.25) is 0 Å². The molecule has 0 spiro atoms. The lowest BCUT2D eigenvalue weighted by atomic mass is 10.2. The number of para-hydroxylation sites is 1. The Labute approximate surface area is 119 Å². The van der Waals surface area contributed by atoms with Crippen molar-refractivity contribution in [2.75, 3.05) is 11.1 Å². The number of nitrogens with zero attached hydrogens (tertiary/aromatic N) is 2. The van der Waals surface area contributed by atoms with Crippen molar-refractivity contribution in [3.05, 3.63) is 47.5 Å². The van der Waals surface area contributed by atoms with Crippen LogP contribution in [0.1, 0.15) is 10.5 Å². The lowest BCUT2D eigenvalue weighted by Crippen LogP contribution is -2.13. The van der Waals surface area contributed by atoms with Crippen LogP contribution in [-0.4, -0.2) is 20.9 Å². The molecule has 0 aliphatic heterocycles. The second-order valence-corrected chi connectivity index (χ2v) is 4.56. The molecule has 0 saturated carbocycles. The summed E-state index contributed by atoms with van der Waals surface area (Å²) in [5, 5.41) is 3.76. The highest BCUT2D eigenvalue weighted by Crippen LogP contribution is 2.21. The minimum absolute atomic E-state index is 0.260. The molecule has 7 heteroatoms. The van der Waals surface area contributed by atoms with Gasteiger partial charge < -0.3 is 16.0 Å². The first-order chi connectivity index (χ1) is 9.63. The van der Waals surface area contributed by atoms with E-state index in [0.29, 0.717) is 17.2 Å². The number of benzene rings is 1. The monoisotopic (exact) mass is 287 g/mol. The molecule has 0 saturated heterocycles. The molecule has 0 bridgehead atoms. The maximum Gasteiger partial charge on any atom is 0.273 e. The summed E-state index contributed by atoms with van der Waals surface area (Å²) in [5.74, 6) is 0.0111. The number of aromatic nitrogens is 3. The van der Waals surface area contributed by atoms with Crippen LogP contribution in [0.2, 0.25) is 5.15 Å². The highest BCUT2D eigenvalue weighted by molar-refractivity contribution is 6.29. The van der Waals surface area contributed by atoms with Crippen LogP contribution in [0.5, 0.6) is 0 Å². The van der Waals surface area contributed by atoms with E-state index in [1.165, 1.54) is 12.4 Å². The normalized spacial score (nSPS) is 10.7. The van der Waals surface area contributed by atoms with Crippen molar-refractivity contribution >= 4 is 39.9 Å². The standard InChI is InChI=1S/C13H10ClN5O/c14-10-5-11(17-6-16-10)19-13(20)9-4-7-2-1-3-8(15)12(7)18-9/h1-6,18H,15H2,(H,16,17,19,20). The molecule has 0 radical (unpaired) electrons. The molecule has 0 unspecified atom stereocenters. The lowest BCUT2D eigenvalue weighted by molar-refractivity contribution is 0.102. The smallest absolute Gasteiger partial charge is 0.273 e. The Balaban J connectivity index is 1.91. The van der Waals surface area contributed by atoms with E-state index < -0.39 is 0 Å². The van der Waals surface area contributed by atoms with Gasteiger partial charge in [-0.15, -0.1) is 0 Å². The number of nitrogen functional groups attached to an aromatic ring is 1. The Morgan fingerprint density at radius 3 is 2.90 bits per heavy atom. The highest BCUT2D eigenvalue weighted by Gasteiger charge is 2.11. The quantitative estimate of drug-likeness (QED) is 0.498. The molecular formula is C13H10ClN5O. The van der Waals surface area contributed by atoms with Crippen LogP contribution in [-0.2, 0) is 0 Å². The fraction of sp³-hybridized carbons (Fsp3) is 0. The van der Waals surface area contributed by atoms with Crippen LogP contribution < -0.4 is 11.1 Å². The van der Waals surface area contributed by atoms with Crippen molar-refractivity contribution in [1.29, 1.82) is 0 Å². The van der Waals surface area contributed by atoms with Gasteiger partial charge in [-0.1, -0.05) is 23.7 Å². The van der Waals surface area contributed by atoms with Crippen LogP contribution in [0, 0.1) is 0 Å². The Hall–Kier alpha value is -2.60. The average molecular weight is 288 g/mol. The Kier molecular flexibility index (Phi) is 3.00. The first-order valence-electron chi connectivity index (χ1n) is 5.79. The number of anilines is 2. The zero-order valence-electron chi connectivity index (χ0n) is 10.2. The predicted octanol–water partition coefficient (Wildman–Crippen LogP) is 2.45. The number of rotatable bonds is 2. The summed E-state index contributed by atoms with van der Waals surface area (Å²) in [6.45, 7) is 0. The summed E-state index contributed by atoms with van der Waals surface area (Å²) in [7, 11) is 0. The Bertz CT molecular complexity index is 798. The van der Waals surface area contributed by atoms with Crippen LogP contribution >= 0.6 is 11.6 Å². The van der Waals surface area contributed by atoms with Gasteiger partial charge in [-0.05, 0) is 12.1 Å². The minimum Gasteiger partial charge on any atom is -0.397 e. The zero-order valence-corrected chi connectivity index (χ0v) is 11.0. The number of nitrogens with one attached hydrogen (secondary N) is 2. The summed E-state index contributed by atoms with van der Waals surface area (Å²) >= 11 is 5.73. The lowest BCUT2D eigenvalue weighted by Gasteiger charge is -2.02. The molecule has 0 aliphatic carbocycles. The van der Waals surface area contributed by atoms with Gasteiger partial charge >= 0.3 is 0 Å². The highest BCUT2D eigenvalue weighted by atomic mass is 35.5. The second-order valence-electron chi connectivity index (χ2n) is 4.17. The van der Waals surface area contributed by atoms with Gasteiger partial charge in [0.05, 0.1) is 11.2 Å². The summed E-state index contributed by atoms with van der Waals surface area (Å²) in [6, 6.07) is 8.67. The molecule has 3 aromatic rings. The van der Waals surface area contributed by atoms with Crippen molar-refractivity contribution in [3.8, 4) is 0 Å². The SMILES string of the molecule is Nc1cccc2cc(C(=O)Nc3cc(Cl)ncn3)[nH]c12. The third kappa shape index (κ3) is 2.28. The van der Waals surface area contributed by atoms with E-state index in [4.69, 9.17) is 17.3 Å². The van der Waals surface area contributed by atoms with Crippen molar-refractivity contribution < 1.29 is 4.79 Å². The van der Waals surface area contributed by atoms with Gasteiger partial charge in [-0.3, -0.25) is 4.79 Å². The van der Waals surface area contributed by atoms with Crippen molar-refractivity contribution in [1.82, 2.24) is 15.0 Å². The van der Waals surface area contributed by atoms with Gasteiger partial charge in [0.25, 0.3) is 5.91 Å². The molecule has 0 aliphatic rings. The average Bonchev–Trinajstić information content (AvgIpc) is 2.84. The molecule has 0 fully saturated rings. The molecule has 2 heterocycles. The van der Waals surface area contributed by atoms with E-state index in [9.17, 15) is 4.79 Å². The molecule has 1 aromatic carbocycles. The fourth-order valence-corrected chi connectivity index (χ4v) is 2.03. The maximum absolute atomic E-state index is 12.1. The van der Waals surface area contributed by atoms with Crippen LogP contribution in [0.15, 0.2) is 36.7 Å². The van der Waals surface area contributed by atoms with Gasteiger partial charge in [0.15, 0.2) is 0 Å². The number of hydrogen-bond acceptors (Lipinski definition) is 4. The number of nitrogens with two attached hydrogens (primary N) is 1. The summed E-state index contributed by atoms with van der Waals surface area (Å²) < 4.78 is 0. The summed E-state index contributed by atoms with van der Waals surface area (Å²) in [4.78, 5) is 22.8. The van der Waals surface area contributed by atoms with E-state index in [-0.39, 0.29) is 11.1 Å². The number of aromatic amines is 1. The summed E-state index contributed by atoms with van der Waals surface area (Å²) in [5.41, 5.74) is 7.56. The topological polar surface area (TPSA) is 96.7 Å². The Morgan fingerprint density at radius 2 is 2.15 bits per heavy atom. The third-order valence-electron chi connectivity index (χ3n) is 2.81. The first kappa shape index (κ1) is 12.4. The van der Waals surface area contributed by atoms with E-state index >= 15 is 0 Å². The van der Waals surface area contributed by atoms with E-state index in [0.717, 1.165) is 10.9 Å². The number of fused-ring (bicyclic) bond motifs is 1. The number of H-pyrrole nitrogens is 1. The molecule has 0 atom stereocenters. The summed E-state index contributed by atoms with van der Waals surface area (Å²) in [6.07, 6.45) is 1.28. The number of halogens is 1. The van der Waals surface area contributed by atoms with E-state index in [1.54, 1.807) is 12.1 Å². The van der Waals surface area contributed by atoms with Gasteiger partial charge in [0, 0.05) is 11.5 Å². The molecule has 100 valence electrons. The van der Waals surface area contributed by atoms with Crippen LogP contribution in [0.3, 0.4) is 0 Å². The maximum atomic E-state index is 12.1. The molecule has 4 N–H and O–H groups in total. The van der Waals surface area contributed by atoms with Crippen molar-refractivity contribution in [2.45, 2.75) is 0 Å². The van der Waals surface area contributed by atoms with Gasteiger partial charge in [-0.2, -0.15) is 0 Å². The Morgan fingerprint density at radius 1 is 1.30 bits per heavy atom. The number of hydrogen-bond donors (Lipinski definition) is 3. The fourth-order valence-electron chi connectivity index (χ4n) is 1.89. The largest absolute Gasteiger partial charge is 0.397 e. The van der Waals surface area contributed by atoms with E-state index in [2.05, 4.69) is 20.3 Å². The molecule has 20 heavy (non-hydrogen) atoms. The van der Waals surface area contributed by atoms with Gasteiger partial charge in [-0.25, -0.2) is 9.97 Å². The zero-order chi connectivity index (χ0) is 14.1. The number of amides is 1. The molecule has 2 aromatic heterocycles. The molecule has 3 rings (SSSR count). The third-order valence-corrected chi connectivity index (χ3v) is 3.02. The number of carbonyl (C=O) groups excluding carboxylic acids is 1. The van der Waals surface area contributed by atoms with Crippen LogP contribution in [0.25, 0.3) is 10.9 Å². The predicted molar refractivity (Wildman–Crippen MR) is 77.7 cm³/mol. The second kappa shape index (κ2) is 4.82. The van der Waals surface area contributed by atoms with Gasteiger partial charge in [0.1, 0.15) is 23.0 Å². The first-order valence-corrected chi connectivity index (χ1v) is 6.17. The molecule has 6 nitrogen and oxygen atoms in total. The molecule has 1 amide bonds. The minimum atomic E-state index is -0.324. The van der Waals surface area contributed by atoms with Crippen molar-refractivity contribution in [3.63, 3.8) is 0 Å². The molecular weight excluding hydrogens is 278 g/mol. The van der Waals surface area contributed by atoms with Crippen molar-refractivity contribution in [2.24, 2.45) is 0 Å². The van der Waals surface area contributed by atoms with Crippen LogP contribution in [0.4, 0.5) is 11.5 Å². The van der Waals surface area contributed by atoms with E-state index in [1.807, 2.05) is 12.1 Å².